The number of benzene rings is 1. The number of piperidine rings is 1. The Morgan fingerprint density at radius 3 is 2.71 bits per heavy atom. The fraction of sp³-hybridized carbons (Fsp3) is 0.571. The third kappa shape index (κ3) is 2.55. The highest BCUT2D eigenvalue weighted by atomic mass is 32.2. The summed E-state index contributed by atoms with van der Waals surface area (Å²) in [6.07, 6.45) is 1.45. The molecule has 7 heteroatoms. The van der Waals surface area contributed by atoms with Crippen LogP contribution in [0.15, 0.2) is 23.1 Å². The number of ether oxygens (including phenoxy) is 2. The van der Waals surface area contributed by atoms with E-state index < -0.39 is 15.8 Å². The summed E-state index contributed by atoms with van der Waals surface area (Å²) in [6.45, 7) is 3.48. The highest BCUT2D eigenvalue weighted by Gasteiger charge is 2.44. The molecule has 0 amide bonds. The van der Waals surface area contributed by atoms with Crippen LogP contribution in [0.2, 0.25) is 0 Å². The molecular weight excluding hydrogens is 292 g/mol. The van der Waals surface area contributed by atoms with Crippen molar-refractivity contribution < 1.29 is 17.9 Å². The maximum Gasteiger partial charge on any atom is 0.243 e. The maximum absolute atomic E-state index is 12.9. The number of hydrogen-bond donors (Lipinski definition) is 1. The molecule has 116 valence electrons. The monoisotopic (exact) mass is 312 g/mol. The van der Waals surface area contributed by atoms with Gasteiger partial charge in [-0.3, -0.25) is 0 Å². The molecule has 21 heavy (non-hydrogen) atoms. The van der Waals surface area contributed by atoms with E-state index in [9.17, 15) is 8.42 Å². The minimum Gasteiger partial charge on any atom is -0.398 e. The van der Waals surface area contributed by atoms with Crippen LogP contribution in [0.1, 0.15) is 18.4 Å². The van der Waals surface area contributed by atoms with Crippen LogP contribution in [0.25, 0.3) is 0 Å². The largest absolute Gasteiger partial charge is 0.398 e. The predicted octanol–water partition coefficient (Wildman–Crippen LogP) is 1.10. The van der Waals surface area contributed by atoms with Crippen LogP contribution in [-0.4, -0.2) is 44.8 Å². The third-order valence-electron chi connectivity index (χ3n) is 4.14. The van der Waals surface area contributed by atoms with Gasteiger partial charge in [-0.25, -0.2) is 8.42 Å². The van der Waals surface area contributed by atoms with Gasteiger partial charge in [-0.2, -0.15) is 4.31 Å². The first-order chi connectivity index (χ1) is 9.95. The van der Waals surface area contributed by atoms with Crippen molar-refractivity contribution in [2.45, 2.75) is 30.4 Å². The number of rotatable bonds is 2. The molecule has 2 saturated heterocycles. The summed E-state index contributed by atoms with van der Waals surface area (Å²) in [5.74, 6) is -0.764. The molecule has 0 radical (unpaired) electrons. The number of nitrogens with zero attached hydrogens (tertiary/aromatic N) is 1. The van der Waals surface area contributed by atoms with E-state index in [1.165, 1.54) is 4.31 Å². The summed E-state index contributed by atoms with van der Waals surface area (Å²) in [5, 5.41) is 0. The number of sulfonamides is 1. The molecule has 0 bridgehead atoms. The Bertz CT molecular complexity index is 638. The van der Waals surface area contributed by atoms with Gasteiger partial charge in [0.1, 0.15) is 0 Å². The Kier molecular flexibility index (Phi) is 3.69. The van der Waals surface area contributed by atoms with Crippen molar-refractivity contribution in [2.75, 3.05) is 32.0 Å². The van der Waals surface area contributed by atoms with Gasteiger partial charge < -0.3 is 15.2 Å². The average Bonchev–Trinajstić information content (AvgIpc) is 2.89. The molecule has 2 aliphatic rings. The summed E-state index contributed by atoms with van der Waals surface area (Å²) >= 11 is 0. The Balaban J connectivity index is 1.93. The first-order valence-corrected chi connectivity index (χ1v) is 8.52. The van der Waals surface area contributed by atoms with E-state index in [2.05, 4.69) is 0 Å². The topological polar surface area (TPSA) is 81.9 Å². The van der Waals surface area contributed by atoms with E-state index in [4.69, 9.17) is 15.2 Å². The molecule has 2 aliphatic heterocycles. The maximum atomic E-state index is 12.9. The Hall–Kier alpha value is -1.15. The number of nitrogens with two attached hydrogens (primary N) is 1. The van der Waals surface area contributed by atoms with Gasteiger partial charge in [0, 0.05) is 18.7 Å². The molecule has 0 aliphatic carbocycles. The van der Waals surface area contributed by atoms with Gasteiger partial charge in [-0.15, -0.1) is 0 Å². The molecule has 0 saturated carbocycles. The van der Waals surface area contributed by atoms with E-state index in [-0.39, 0.29) is 11.4 Å². The van der Waals surface area contributed by atoms with Crippen LogP contribution in [0, 0.1) is 6.92 Å². The van der Waals surface area contributed by atoms with Gasteiger partial charge in [0.15, 0.2) is 5.79 Å². The predicted molar refractivity (Wildman–Crippen MR) is 78.2 cm³/mol. The third-order valence-corrected chi connectivity index (χ3v) is 6.13. The zero-order valence-electron chi connectivity index (χ0n) is 12.0. The fourth-order valence-electron chi connectivity index (χ4n) is 2.94. The van der Waals surface area contributed by atoms with Gasteiger partial charge in [-0.05, 0) is 31.0 Å². The van der Waals surface area contributed by atoms with Crippen LogP contribution in [0.5, 0.6) is 0 Å². The molecule has 3 rings (SSSR count). The van der Waals surface area contributed by atoms with Crippen LogP contribution in [0.3, 0.4) is 0 Å². The minimum absolute atomic E-state index is 0.240. The van der Waals surface area contributed by atoms with Crippen LogP contribution in [-0.2, 0) is 19.5 Å². The molecule has 1 aromatic carbocycles. The average molecular weight is 312 g/mol. The van der Waals surface area contributed by atoms with Gasteiger partial charge in [0.05, 0.1) is 24.7 Å². The van der Waals surface area contributed by atoms with E-state index in [1.54, 1.807) is 25.1 Å². The zero-order chi connectivity index (χ0) is 15.1. The van der Waals surface area contributed by atoms with Crippen molar-refractivity contribution >= 4 is 15.7 Å². The lowest BCUT2D eigenvalue weighted by atomic mass is 10.1. The van der Waals surface area contributed by atoms with Crippen molar-refractivity contribution in [2.24, 2.45) is 0 Å². The highest BCUT2D eigenvalue weighted by Crippen LogP contribution is 2.33. The molecule has 2 fully saturated rings. The first kappa shape index (κ1) is 14.8. The lowest BCUT2D eigenvalue weighted by molar-refractivity contribution is -0.179. The number of nitrogen functional groups attached to an aromatic ring is 1. The van der Waals surface area contributed by atoms with Crippen molar-refractivity contribution in [1.29, 1.82) is 0 Å². The van der Waals surface area contributed by atoms with Gasteiger partial charge in [0.25, 0.3) is 0 Å². The molecule has 0 aromatic heterocycles. The molecule has 0 unspecified atom stereocenters. The summed E-state index contributed by atoms with van der Waals surface area (Å²) < 4.78 is 38.5. The van der Waals surface area contributed by atoms with E-state index in [0.29, 0.717) is 31.0 Å². The van der Waals surface area contributed by atoms with E-state index in [1.807, 2.05) is 0 Å². The summed E-state index contributed by atoms with van der Waals surface area (Å²) in [6, 6.07) is 4.96. The van der Waals surface area contributed by atoms with Crippen LogP contribution < -0.4 is 5.73 Å². The molecular formula is C14H20N2O4S. The van der Waals surface area contributed by atoms with Crippen LogP contribution in [0.4, 0.5) is 5.69 Å². The Labute approximate surface area is 124 Å². The Morgan fingerprint density at radius 1 is 1.29 bits per heavy atom. The normalized spacial score (nSPS) is 22.7. The molecule has 2 N–H and O–H groups in total. The molecule has 1 aromatic rings. The molecule has 0 atom stereocenters. The molecule has 6 nitrogen and oxygen atoms in total. The summed E-state index contributed by atoms with van der Waals surface area (Å²) in [5.41, 5.74) is 6.90. The molecule has 1 spiro atoms. The summed E-state index contributed by atoms with van der Waals surface area (Å²) in [4.78, 5) is 0.262. The first-order valence-electron chi connectivity index (χ1n) is 7.08. The van der Waals surface area contributed by atoms with E-state index in [0.717, 1.165) is 12.8 Å². The van der Waals surface area contributed by atoms with Crippen LogP contribution >= 0.6 is 0 Å². The van der Waals surface area contributed by atoms with Crippen molar-refractivity contribution in [3.63, 3.8) is 0 Å². The Morgan fingerprint density at radius 2 is 2.00 bits per heavy atom. The van der Waals surface area contributed by atoms with Crippen molar-refractivity contribution in [3.05, 3.63) is 23.8 Å². The second-order valence-corrected chi connectivity index (χ2v) is 7.43. The van der Waals surface area contributed by atoms with Gasteiger partial charge in [-0.1, -0.05) is 6.07 Å². The number of anilines is 1. The standard InChI is InChI=1S/C14H20N2O4S/c1-11-12(15)4-2-5-13(11)21(17,18)16-7-3-6-14(10-16)19-8-9-20-14/h2,4-5H,3,6-10,15H2,1H3. The van der Waals surface area contributed by atoms with Gasteiger partial charge >= 0.3 is 0 Å². The van der Waals surface area contributed by atoms with E-state index >= 15 is 0 Å². The SMILES string of the molecule is Cc1c(N)cccc1S(=O)(=O)N1CCCC2(C1)OCCO2. The smallest absolute Gasteiger partial charge is 0.243 e. The molecule has 2 heterocycles. The lowest BCUT2D eigenvalue weighted by Gasteiger charge is -2.37. The van der Waals surface area contributed by atoms with Crippen molar-refractivity contribution in [3.8, 4) is 0 Å². The quantitative estimate of drug-likeness (QED) is 0.827. The second-order valence-electron chi connectivity index (χ2n) is 5.52. The lowest BCUT2D eigenvalue weighted by Crippen LogP contribution is -2.51. The second kappa shape index (κ2) is 5.24. The highest BCUT2D eigenvalue weighted by molar-refractivity contribution is 7.89. The fourth-order valence-corrected chi connectivity index (χ4v) is 4.71. The zero-order valence-corrected chi connectivity index (χ0v) is 12.9. The minimum atomic E-state index is -3.59. The summed E-state index contributed by atoms with van der Waals surface area (Å²) in [7, 11) is -3.59. The van der Waals surface area contributed by atoms with Gasteiger partial charge in [0.2, 0.25) is 10.0 Å². The van der Waals surface area contributed by atoms with Crippen molar-refractivity contribution in [1.82, 2.24) is 4.31 Å². The number of hydrogen-bond acceptors (Lipinski definition) is 5.